The van der Waals surface area contributed by atoms with E-state index in [0.29, 0.717) is 12.8 Å². The third-order valence-corrected chi connectivity index (χ3v) is 4.64. The van der Waals surface area contributed by atoms with E-state index in [1.54, 1.807) is 0 Å². The fraction of sp³-hybridized carbons (Fsp3) is 0.579. The molecule has 1 saturated heterocycles. The predicted molar refractivity (Wildman–Crippen MR) is 94.6 cm³/mol. The van der Waals surface area contributed by atoms with Crippen LogP contribution in [0.3, 0.4) is 0 Å². The van der Waals surface area contributed by atoms with Crippen LogP contribution >= 0.6 is 0 Å². The molecule has 1 aliphatic rings. The summed E-state index contributed by atoms with van der Waals surface area (Å²) in [6.07, 6.45) is -7.83. The second-order valence-corrected chi connectivity index (χ2v) is 6.95. The van der Waals surface area contributed by atoms with Crippen molar-refractivity contribution in [3.8, 4) is 0 Å². The number of nitrogens with one attached hydrogen (secondary N) is 1. The molecule has 0 atom stereocenters. The number of benzene rings is 1. The van der Waals surface area contributed by atoms with Crippen molar-refractivity contribution < 1.29 is 40.7 Å². The molecule has 1 heterocycles. The van der Waals surface area contributed by atoms with Crippen molar-refractivity contribution >= 4 is 11.8 Å². The Hall–Kier alpha value is -2.30. The Morgan fingerprint density at radius 1 is 1.03 bits per heavy atom. The summed E-state index contributed by atoms with van der Waals surface area (Å²) in [5.74, 6) is -0.977. The fourth-order valence-corrected chi connectivity index (χ4v) is 3.05. The molecule has 11 heteroatoms. The van der Waals surface area contributed by atoms with E-state index < -0.39 is 30.4 Å². The number of amides is 2. The van der Waals surface area contributed by atoms with Crippen molar-refractivity contribution in [3.63, 3.8) is 0 Å². The molecule has 0 radical (unpaired) electrons. The van der Waals surface area contributed by atoms with Crippen molar-refractivity contribution in [2.75, 3.05) is 32.8 Å². The van der Waals surface area contributed by atoms with E-state index in [1.165, 1.54) is 4.90 Å². The molecule has 1 N–H and O–H groups in total. The van der Waals surface area contributed by atoms with Gasteiger partial charge in [0.1, 0.15) is 6.61 Å². The van der Waals surface area contributed by atoms with Gasteiger partial charge in [-0.3, -0.25) is 9.59 Å². The van der Waals surface area contributed by atoms with Crippen LogP contribution in [0, 0.1) is 5.92 Å². The maximum Gasteiger partial charge on any atom is 0.416 e. The van der Waals surface area contributed by atoms with Crippen molar-refractivity contribution in [3.05, 3.63) is 35.4 Å². The zero-order chi connectivity index (χ0) is 22.4. The van der Waals surface area contributed by atoms with Crippen LogP contribution in [0.1, 0.15) is 35.2 Å². The highest BCUT2D eigenvalue weighted by Crippen LogP contribution is 2.29. The molecule has 5 nitrogen and oxygen atoms in total. The molecule has 1 aromatic rings. The van der Waals surface area contributed by atoms with Crippen molar-refractivity contribution in [2.45, 2.75) is 31.6 Å². The second-order valence-electron chi connectivity index (χ2n) is 6.95. The summed E-state index contributed by atoms with van der Waals surface area (Å²) in [6, 6.07) is 3.97. The lowest BCUT2D eigenvalue weighted by atomic mass is 9.95. The van der Waals surface area contributed by atoms with E-state index in [2.05, 4.69) is 10.1 Å². The summed E-state index contributed by atoms with van der Waals surface area (Å²) in [5, 5.41) is 2.64. The number of nitrogens with zero attached hydrogens (tertiary/aromatic N) is 1. The standard InChI is InChI=1S/C19H22F6N2O3/c20-18(21,22)12-30-11-1-8-26-16(28)13-6-9-27(10-7-13)17(29)14-2-4-15(5-3-14)19(23,24)25/h2-5,13H,1,6-12H2,(H,26,28). The zero-order valence-corrected chi connectivity index (χ0v) is 16.0. The van der Waals surface area contributed by atoms with Gasteiger partial charge in [0, 0.05) is 37.7 Å². The van der Waals surface area contributed by atoms with Crippen molar-refractivity contribution in [1.29, 1.82) is 0 Å². The first-order chi connectivity index (χ1) is 14.0. The third-order valence-electron chi connectivity index (χ3n) is 4.64. The van der Waals surface area contributed by atoms with Gasteiger partial charge in [-0.2, -0.15) is 26.3 Å². The largest absolute Gasteiger partial charge is 0.416 e. The number of ether oxygens (including phenoxy) is 1. The lowest BCUT2D eigenvalue weighted by Crippen LogP contribution is -2.43. The molecular formula is C19H22F6N2O3. The van der Waals surface area contributed by atoms with E-state index >= 15 is 0 Å². The van der Waals surface area contributed by atoms with Crippen LogP contribution in [0.2, 0.25) is 0 Å². The zero-order valence-electron chi connectivity index (χ0n) is 16.0. The Balaban J connectivity index is 1.71. The highest BCUT2D eigenvalue weighted by molar-refractivity contribution is 5.94. The lowest BCUT2D eigenvalue weighted by molar-refractivity contribution is -0.174. The molecule has 168 valence electrons. The molecule has 0 unspecified atom stereocenters. The lowest BCUT2D eigenvalue weighted by Gasteiger charge is -2.31. The summed E-state index contributed by atoms with van der Waals surface area (Å²) in [6.45, 7) is -0.701. The number of halogens is 6. The smallest absolute Gasteiger partial charge is 0.372 e. The molecule has 30 heavy (non-hydrogen) atoms. The molecule has 1 aromatic carbocycles. The number of carbonyl (C=O) groups is 2. The number of piperidine rings is 1. The Morgan fingerprint density at radius 2 is 1.63 bits per heavy atom. The monoisotopic (exact) mass is 440 g/mol. The summed E-state index contributed by atoms with van der Waals surface area (Å²) < 4.78 is 78.1. The van der Waals surface area contributed by atoms with Gasteiger partial charge < -0.3 is 15.0 Å². The second kappa shape index (κ2) is 10.1. The van der Waals surface area contributed by atoms with E-state index in [0.717, 1.165) is 24.3 Å². The number of likely N-dealkylation sites (tertiary alicyclic amines) is 1. The normalized spacial score (nSPS) is 15.9. The number of carbonyl (C=O) groups excluding carboxylic acids is 2. The van der Waals surface area contributed by atoms with Gasteiger partial charge in [0.05, 0.1) is 5.56 Å². The van der Waals surface area contributed by atoms with Gasteiger partial charge in [0.15, 0.2) is 0 Å². The molecule has 0 saturated carbocycles. The Bertz CT molecular complexity index is 710. The molecule has 1 fully saturated rings. The minimum absolute atomic E-state index is 0.125. The maximum absolute atomic E-state index is 12.6. The minimum atomic E-state index is -4.47. The van der Waals surface area contributed by atoms with E-state index in [-0.39, 0.29) is 50.1 Å². The maximum atomic E-state index is 12.6. The molecule has 2 rings (SSSR count). The summed E-state index contributed by atoms with van der Waals surface area (Å²) in [7, 11) is 0. The topological polar surface area (TPSA) is 58.6 Å². The van der Waals surface area contributed by atoms with E-state index in [4.69, 9.17) is 0 Å². The van der Waals surface area contributed by atoms with Crippen LogP contribution in [-0.4, -0.2) is 55.7 Å². The van der Waals surface area contributed by atoms with Gasteiger partial charge in [-0.25, -0.2) is 0 Å². The number of hydrogen-bond acceptors (Lipinski definition) is 3. The number of hydrogen-bond donors (Lipinski definition) is 1. The predicted octanol–water partition coefficient (Wildman–Crippen LogP) is 3.64. The molecule has 0 bridgehead atoms. The van der Waals surface area contributed by atoms with Crippen LogP contribution < -0.4 is 5.32 Å². The summed E-state index contributed by atoms with van der Waals surface area (Å²) in [5.41, 5.74) is -0.692. The summed E-state index contributed by atoms with van der Waals surface area (Å²) >= 11 is 0. The third kappa shape index (κ3) is 7.51. The van der Waals surface area contributed by atoms with Gasteiger partial charge in [-0.15, -0.1) is 0 Å². The molecule has 0 aromatic heterocycles. The van der Waals surface area contributed by atoms with Crippen LogP contribution in [-0.2, 0) is 15.7 Å². The highest BCUT2D eigenvalue weighted by Gasteiger charge is 2.31. The fourth-order valence-electron chi connectivity index (χ4n) is 3.05. The van der Waals surface area contributed by atoms with Gasteiger partial charge >= 0.3 is 12.4 Å². The highest BCUT2D eigenvalue weighted by atomic mass is 19.4. The van der Waals surface area contributed by atoms with Crippen molar-refractivity contribution in [2.24, 2.45) is 5.92 Å². The first-order valence-corrected chi connectivity index (χ1v) is 9.36. The van der Waals surface area contributed by atoms with Crippen molar-refractivity contribution in [1.82, 2.24) is 10.2 Å². The van der Waals surface area contributed by atoms with Gasteiger partial charge in [0.25, 0.3) is 5.91 Å². The Labute approximate surface area is 169 Å². The van der Waals surface area contributed by atoms with Gasteiger partial charge in [-0.05, 0) is 43.5 Å². The first-order valence-electron chi connectivity index (χ1n) is 9.36. The number of rotatable bonds is 7. The minimum Gasteiger partial charge on any atom is -0.372 e. The average Bonchev–Trinajstić information content (AvgIpc) is 2.68. The first kappa shape index (κ1) is 24.0. The molecular weight excluding hydrogens is 418 g/mol. The SMILES string of the molecule is O=C(NCCCOCC(F)(F)F)C1CCN(C(=O)c2ccc(C(F)(F)F)cc2)CC1. The summed E-state index contributed by atoms with van der Waals surface area (Å²) in [4.78, 5) is 26.0. The van der Waals surface area contributed by atoms with Gasteiger partial charge in [0.2, 0.25) is 5.91 Å². The average molecular weight is 440 g/mol. The molecule has 1 aliphatic heterocycles. The van der Waals surface area contributed by atoms with Crippen LogP contribution in [0.4, 0.5) is 26.3 Å². The molecule has 2 amide bonds. The number of alkyl halides is 6. The quantitative estimate of drug-likeness (QED) is 0.520. The molecule has 0 aliphatic carbocycles. The van der Waals surface area contributed by atoms with Crippen LogP contribution in [0.25, 0.3) is 0 Å². The van der Waals surface area contributed by atoms with E-state index in [1.807, 2.05) is 0 Å². The Morgan fingerprint density at radius 3 is 2.17 bits per heavy atom. The van der Waals surface area contributed by atoms with Crippen LogP contribution in [0.15, 0.2) is 24.3 Å². The van der Waals surface area contributed by atoms with Gasteiger partial charge in [-0.1, -0.05) is 0 Å². The van der Waals surface area contributed by atoms with Crippen LogP contribution in [0.5, 0.6) is 0 Å². The van der Waals surface area contributed by atoms with E-state index in [9.17, 15) is 35.9 Å². The molecule has 0 spiro atoms. The Kier molecular flexibility index (Phi) is 8.10.